The number of nitrogens with zero attached hydrogens (tertiary/aromatic N) is 2. The van der Waals surface area contributed by atoms with Gasteiger partial charge in [-0.25, -0.2) is 4.39 Å². The minimum Gasteiger partial charge on any atom is -0.490 e. The molecule has 2 fully saturated rings. The molecule has 4 rings (SSSR count). The van der Waals surface area contributed by atoms with E-state index in [-0.39, 0.29) is 11.9 Å². The maximum absolute atomic E-state index is 13.3. The van der Waals surface area contributed by atoms with Gasteiger partial charge in [-0.05, 0) is 100.0 Å². The number of rotatable bonds is 8. The number of carboxylic acid groups (broad SMARTS) is 1. The van der Waals surface area contributed by atoms with E-state index in [4.69, 9.17) is 16.3 Å². The van der Waals surface area contributed by atoms with Gasteiger partial charge in [-0.3, -0.25) is 9.69 Å². The highest BCUT2D eigenvalue weighted by Gasteiger charge is 2.41. The summed E-state index contributed by atoms with van der Waals surface area (Å²) in [7, 11) is 0. The van der Waals surface area contributed by atoms with Crippen LogP contribution in [0.3, 0.4) is 0 Å². The first-order valence-electron chi connectivity index (χ1n) is 12.6. The summed E-state index contributed by atoms with van der Waals surface area (Å²) in [4.78, 5) is 16.9. The minimum absolute atomic E-state index is 0.232. The van der Waals surface area contributed by atoms with Gasteiger partial charge in [-0.15, -0.1) is 0 Å². The summed E-state index contributed by atoms with van der Waals surface area (Å²) in [5, 5.41) is 10.8. The van der Waals surface area contributed by atoms with Crippen LogP contribution in [0.15, 0.2) is 42.5 Å². The van der Waals surface area contributed by atoms with Gasteiger partial charge in [0.1, 0.15) is 23.2 Å². The standard InChI is InChI=1S/C28H36ClFN2O3/c1-20-17-23(29)5-8-26(20)35-25-11-13-31(14-12-25)19-22-9-15-32(16-10-22)28(2,27(33)34)18-21-3-6-24(30)7-4-21/h3-8,17,22,25H,9-16,18-19H2,1-2H3,(H,33,34)/t28-/m1/s1. The number of piperidine rings is 2. The lowest BCUT2D eigenvalue weighted by Crippen LogP contribution is -2.57. The second kappa shape index (κ2) is 11.3. The van der Waals surface area contributed by atoms with Crippen LogP contribution in [-0.2, 0) is 11.2 Å². The molecule has 1 N–H and O–H groups in total. The number of hydrogen-bond donors (Lipinski definition) is 1. The molecule has 7 heteroatoms. The summed E-state index contributed by atoms with van der Waals surface area (Å²) >= 11 is 6.06. The number of carbonyl (C=O) groups is 1. The van der Waals surface area contributed by atoms with Crippen LogP contribution in [0.1, 0.15) is 43.7 Å². The Labute approximate surface area is 212 Å². The molecule has 0 bridgehead atoms. The molecule has 2 heterocycles. The first-order chi connectivity index (χ1) is 16.7. The maximum Gasteiger partial charge on any atom is 0.324 e. The van der Waals surface area contributed by atoms with E-state index < -0.39 is 11.5 Å². The molecule has 2 saturated heterocycles. The summed E-state index contributed by atoms with van der Waals surface area (Å²) in [6, 6.07) is 11.9. The zero-order chi connectivity index (χ0) is 25.0. The molecule has 0 saturated carbocycles. The number of aryl methyl sites for hydroxylation is 1. The van der Waals surface area contributed by atoms with Gasteiger partial charge in [0.15, 0.2) is 0 Å². The van der Waals surface area contributed by atoms with Crippen LogP contribution in [0.25, 0.3) is 0 Å². The molecule has 2 aromatic rings. The van der Waals surface area contributed by atoms with E-state index in [0.29, 0.717) is 12.3 Å². The number of halogens is 2. The molecule has 0 aliphatic carbocycles. The fraction of sp³-hybridized carbons (Fsp3) is 0.536. The van der Waals surface area contributed by atoms with Gasteiger partial charge < -0.3 is 14.7 Å². The normalized spacial score (nSPS) is 20.5. The largest absolute Gasteiger partial charge is 0.490 e. The first-order valence-corrected chi connectivity index (χ1v) is 13.0. The van der Waals surface area contributed by atoms with Crippen LogP contribution in [0, 0.1) is 18.7 Å². The lowest BCUT2D eigenvalue weighted by molar-refractivity contribution is -0.151. The van der Waals surface area contributed by atoms with Crippen LogP contribution in [0.5, 0.6) is 5.75 Å². The number of aliphatic carboxylic acids is 1. The molecule has 35 heavy (non-hydrogen) atoms. The van der Waals surface area contributed by atoms with Crippen molar-refractivity contribution in [3.8, 4) is 5.75 Å². The lowest BCUT2D eigenvalue weighted by Gasteiger charge is -2.43. The fourth-order valence-corrected chi connectivity index (χ4v) is 5.66. The van der Waals surface area contributed by atoms with Gasteiger partial charge in [0, 0.05) is 31.1 Å². The maximum atomic E-state index is 13.3. The van der Waals surface area contributed by atoms with Crippen LogP contribution in [0.4, 0.5) is 4.39 Å². The number of ether oxygens (including phenoxy) is 1. The molecule has 2 aliphatic rings. The molecular weight excluding hydrogens is 467 g/mol. The van der Waals surface area contributed by atoms with E-state index in [1.165, 1.54) is 12.1 Å². The van der Waals surface area contributed by atoms with Crippen molar-refractivity contribution in [2.45, 2.75) is 57.6 Å². The van der Waals surface area contributed by atoms with Crippen molar-refractivity contribution in [2.24, 2.45) is 5.92 Å². The third-order valence-electron chi connectivity index (χ3n) is 7.72. The SMILES string of the molecule is Cc1cc(Cl)ccc1OC1CCN(CC2CCN([C@](C)(Cc3ccc(F)cc3)C(=O)O)CC2)CC1. The van der Waals surface area contributed by atoms with Gasteiger partial charge in [-0.1, -0.05) is 23.7 Å². The number of likely N-dealkylation sites (tertiary alicyclic amines) is 2. The number of carboxylic acids is 1. The van der Waals surface area contributed by atoms with Gasteiger partial charge in [0.2, 0.25) is 0 Å². The van der Waals surface area contributed by atoms with Crippen molar-refractivity contribution >= 4 is 17.6 Å². The van der Waals surface area contributed by atoms with Crippen molar-refractivity contribution < 1.29 is 19.0 Å². The van der Waals surface area contributed by atoms with Crippen LogP contribution in [-0.4, -0.2) is 65.2 Å². The molecule has 0 amide bonds. The molecule has 2 aromatic carbocycles. The Hall–Kier alpha value is -2.15. The summed E-state index contributed by atoms with van der Waals surface area (Å²) in [6.45, 7) is 8.46. The second-order valence-electron chi connectivity index (χ2n) is 10.3. The highest BCUT2D eigenvalue weighted by Crippen LogP contribution is 2.30. The zero-order valence-electron chi connectivity index (χ0n) is 20.7. The average Bonchev–Trinajstić information content (AvgIpc) is 2.84. The highest BCUT2D eigenvalue weighted by molar-refractivity contribution is 6.30. The third kappa shape index (κ3) is 6.54. The Kier molecular flexibility index (Phi) is 8.35. The van der Waals surface area contributed by atoms with E-state index in [0.717, 1.165) is 80.3 Å². The topological polar surface area (TPSA) is 53.0 Å². The Balaban J connectivity index is 1.24. The molecule has 0 spiro atoms. The molecule has 2 aliphatic heterocycles. The monoisotopic (exact) mass is 502 g/mol. The number of benzene rings is 2. The molecule has 0 aromatic heterocycles. The van der Waals surface area contributed by atoms with E-state index >= 15 is 0 Å². The third-order valence-corrected chi connectivity index (χ3v) is 7.95. The van der Waals surface area contributed by atoms with Crippen molar-refractivity contribution in [2.75, 3.05) is 32.7 Å². The van der Waals surface area contributed by atoms with Gasteiger partial charge in [0.05, 0.1) is 0 Å². The smallest absolute Gasteiger partial charge is 0.324 e. The minimum atomic E-state index is -0.988. The van der Waals surface area contributed by atoms with Crippen LogP contribution < -0.4 is 4.74 Å². The fourth-order valence-electron chi connectivity index (χ4n) is 5.43. The van der Waals surface area contributed by atoms with Crippen molar-refractivity contribution in [1.82, 2.24) is 9.80 Å². The Bertz CT molecular complexity index is 1000. The van der Waals surface area contributed by atoms with Crippen molar-refractivity contribution in [3.05, 3.63) is 64.4 Å². The predicted molar refractivity (Wildman–Crippen MR) is 137 cm³/mol. The summed E-state index contributed by atoms with van der Waals surface area (Å²) in [5.74, 6) is 0.369. The quantitative estimate of drug-likeness (QED) is 0.521. The van der Waals surface area contributed by atoms with Gasteiger partial charge in [0.25, 0.3) is 0 Å². The van der Waals surface area contributed by atoms with Crippen molar-refractivity contribution in [1.29, 1.82) is 0 Å². The Morgan fingerprint density at radius 2 is 1.74 bits per heavy atom. The van der Waals surface area contributed by atoms with Gasteiger partial charge >= 0.3 is 5.97 Å². The lowest BCUT2D eigenvalue weighted by atomic mass is 9.86. The van der Waals surface area contributed by atoms with Crippen LogP contribution >= 0.6 is 11.6 Å². The second-order valence-corrected chi connectivity index (χ2v) is 10.8. The first kappa shape index (κ1) is 25.9. The molecule has 0 radical (unpaired) electrons. The highest BCUT2D eigenvalue weighted by atomic mass is 35.5. The molecule has 0 unspecified atom stereocenters. The zero-order valence-corrected chi connectivity index (χ0v) is 21.4. The Morgan fingerprint density at radius 1 is 1.09 bits per heavy atom. The summed E-state index contributed by atoms with van der Waals surface area (Å²) in [5.41, 5.74) is 0.926. The van der Waals surface area contributed by atoms with E-state index in [1.54, 1.807) is 19.1 Å². The molecular formula is C28H36ClFN2O3. The van der Waals surface area contributed by atoms with Gasteiger partial charge in [-0.2, -0.15) is 0 Å². The molecule has 5 nitrogen and oxygen atoms in total. The Morgan fingerprint density at radius 3 is 2.34 bits per heavy atom. The van der Waals surface area contributed by atoms with E-state index in [2.05, 4.69) is 9.80 Å². The predicted octanol–water partition coefficient (Wildman–Crippen LogP) is 5.43. The van der Waals surface area contributed by atoms with E-state index in [1.807, 2.05) is 25.1 Å². The van der Waals surface area contributed by atoms with Crippen LogP contribution in [0.2, 0.25) is 5.02 Å². The molecule has 190 valence electrons. The molecule has 1 atom stereocenters. The number of hydrogen-bond acceptors (Lipinski definition) is 4. The average molecular weight is 503 g/mol. The summed E-state index contributed by atoms with van der Waals surface area (Å²) < 4.78 is 19.5. The summed E-state index contributed by atoms with van der Waals surface area (Å²) in [6.07, 6.45) is 4.61. The van der Waals surface area contributed by atoms with Crippen molar-refractivity contribution in [3.63, 3.8) is 0 Å². The van der Waals surface area contributed by atoms with E-state index in [9.17, 15) is 14.3 Å².